The van der Waals surface area contributed by atoms with E-state index in [2.05, 4.69) is 40.7 Å². The molecule has 1 aliphatic heterocycles. The molecule has 1 N–H and O–H groups in total. The van der Waals surface area contributed by atoms with E-state index in [4.69, 9.17) is 4.74 Å². The molecule has 3 atom stereocenters. The lowest BCUT2D eigenvalue weighted by Gasteiger charge is -2.37. The van der Waals surface area contributed by atoms with Crippen LogP contribution in [0.5, 0.6) is 5.88 Å². The van der Waals surface area contributed by atoms with Crippen molar-refractivity contribution in [3.63, 3.8) is 0 Å². The van der Waals surface area contributed by atoms with E-state index in [1.54, 1.807) is 29.6 Å². The van der Waals surface area contributed by atoms with Crippen LogP contribution in [0.1, 0.15) is 61.0 Å². The van der Waals surface area contributed by atoms with Gasteiger partial charge in [-0.05, 0) is 50.6 Å². The fourth-order valence-electron chi connectivity index (χ4n) is 4.82. The largest absolute Gasteiger partial charge is 0.472 e. The number of aromatic nitrogens is 2. The summed E-state index contributed by atoms with van der Waals surface area (Å²) >= 11 is 0. The van der Waals surface area contributed by atoms with E-state index >= 15 is 0 Å². The zero-order valence-corrected chi connectivity index (χ0v) is 21.0. The van der Waals surface area contributed by atoms with Crippen LogP contribution in [0.15, 0.2) is 36.8 Å². The minimum absolute atomic E-state index is 0.0459. The van der Waals surface area contributed by atoms with Crippen molar-refractivity contribution in [1.82, 2.24) is 19.8 Å². The maximum Gasteiger partial charge on any atom is 0.259 e. The highest BCUT2D eigenvalue weighted by Gasteiger charge is 2.34. The topological polar surface area (TPSA) is 78.8 Å². The monoisotopic (exact) mass is 476 g/mol. The summed E-state index contributed by atoms with van der Waals surface area (Å²) in [5.74, 6) is 7.22. The first-order valence-electron chi connectivity index (χ1n) is 12.6. The van der Waals surface area contributed by atoms with Crippen molar-refractivity contribution >= 4 is 5.91 Å². The van der Waals surface area contributed by atoms with Crippen LogP contribution in [0.3, 0.4) is 0 Å². The first kappa shape index (κ1) is 25.2. The molecule has 1 fully saturated rings. The maximum atomic E-state index is 13.5. The van der Waals surface area contributed by atoms with Crippen molar-refractivity contribution in [2.75, 3.05) is 26.7 Å². The number of hydrogen-bond acceptors (Lipinski definition) is 6. The molecule has 186 valence electrons. The standard InChI is InChI=1S/C28H36N4O3/c1-20-16-32(21(2)19-33)28(34)25-14-24(9-8-22-6-4-5-7-22)15-30-27(25)35-26(20)18-31(3)17-23-10-12-29-13-11-23/h10-15,20-22,26,33H,4-7,16-19H2,1-3H3/t20-,21+,26+/m1/s1. The predicted octanol–water partition coefficient (Wildman–Crippen LogP) is 3.37. The van der Waals surface area contributed by atoms with Crippen molar-refractivity contribution in [2.45, 2.75) is 58.2 Å². The maximum absolute atomic E-state index is 13.5. The van der Waals surface area contributed by atoms with Gasteiger partial charge in [-0.25, -0.2) is 4.98 Å². The molecule has 0 radical (unpaired) electrons. The summed E-state index contributed by atoms with van der Waals surface area (Å²) in [7, 11) is 2.06. The molecule has 0 aromatic carbocycles. The summed E-state index contributed by atoms with van der Waals surface area (Å²) in [5.41, 5.74) is 2.32. The van der Waals surface area contributed by atoms with Crippen molar-refractivity contribution in [3.05, 3.63) is 53.5 Å². The highest BCUT2D eigenvalue weighted by Crippen LogP contribution is 2.28. The van der Waals surface area contributed by atoms with E-state index in [0.717, 1.165) is 24.9 Å². The van der Waals surface area contributed by atoms with Crippen LogP contribution >= 0.6 is 0 Å². The molecule has 1 aliphatic carbocycles. The highest BCUT2D eigenvalue weighted by atomic mass is 16.5. The Hall–Kier alpha value is -2.95. The first-order valence-corrected chi connectivity index (χ1v) is 12.6. The Morgan fingerprint density at radius 1 is 1.29 bits per heavy atom. The first-order chi connectivity index (χ1) is 16.9. The number of amides is 1. The lowest BCUT2D eigenvalue weighted by molar-refractivity contribution is 0.0325. The van der Waals surface area contributed by atoms with Crippen LogP contribution in [0.25, 0.3) is 0 Å². The Bertz CT molecular complexity index is 1060. The van der Waals surface area contributed by atoms with Gasteiger partial charge in [-0.3, -0.25) is 14.7 Å². The zero-order valence-electron chi connectivity index (χ0n) is 21.0. The molecule has 1 amide bonds. The number of pyridine rings is 2. The van der Waals surface area contributed by atoms with E-state index in [0.29, 0.717) is 30.5 Å². The van der Waals surface area contributed by atoms with Gasteiger partial charge in [0.15, 0.2) is 0 Å². The molecule has 1 saturated carbocycles. The van der Waals surface area contributed by atoms with Crippen molar-refractivity contribution in [1.29, 1.82) is 0 Å². The SMILES string of the molecule is C[C@@H]1CN([C@@H](C)CO)C(=O)c2cc(C#CC3CCCC3)cnc2O[C@H]1CN(C)Cc1ccncc1. The summed E-state index contributed by atoms with van der Waals surface area (Å²) in [6.45, 7) is 5.78. The van der Waals surface area contributed by atoms with E-state index in [-0.39, 0.29) is 30.6 Å². The second kappa shape index (κ2) is 11.7. The van der Waals surface area contributed by atoms with Crippen LogP contribution in [0, 0.1) is 23.7 Å². The second-order valence-electron chi connectivity index (χ2n) is 10.0. The van der Waals surface area contributed by atoms with Gasteiger partial charge in [0.05, 0.1) is 12.6 Å². The van der Waals surface area contributed by atoms with E-state index < -0.39 is 0 Å². The quantitative estimate of drug-likeness (QED) is 0.644. The number of aliphatic hydroxyl groups excluding tert-OH is 1. The highest BCUT2D eigenvalue weighted by molar-refractivity contribution is 5.97. The molecule has 0 saturated heterocycles. The summed E-state index contributed by atoms with van der Waals surface area (Å²) in [4.78, 5) is 26.1. The van der Waals surface area contributed by atoms with Gasteiger partial charge in [0, 0.05) is 55.6 Å². The third-order valence-corrected chi connectivity index (χ3v) is 6.99. The summed E-state index contributed by atoms with van der Waals surface area (Å²) in [5, 5.41) is 9.86. The average Bonchev–Trinajstić information content (AvgIpc) is 3.39. The van der Waals surface area contributed by atoms with Gasteiger partial charge in [0.2, 0.25) is 5.88 Å². The zero-order chi connectivity index (χ0) is 24.8. The second-order valence-corrected chi connectivity index (χ2v) is 10.0. The van der Waals surface area contributed by atoms with Crippen LogP contribution < -0.4 is 4.74 Å². The van der Waals surface area contributed by atoms with Crippen molar-refractivity contribution < 1.29 is 14.6 Å². The number of aliphatic hydroxyl groups is 1. The Morgan fingerprint density at radius 3 is 2.74 bits per heavy atom. The molecule has 0 unspecified atom stereocenters. The van der Waals surface area contributed by atoms with Crippen LogP contribution in [-0.4, -0.2) is 69.7 Å². The number of carbonyl (C=O) groups excluding carboxylic acids is 1. The molecule has 0 spiro atoms. The number of rotatable bonds is 6. The van der Waals surface area contributed by atoms with E-state index in [9.17, 15) is 9.90 Å². The molecule has 3 heterocycles. The Balaban J connectivity index is 1.60. The van der Waals surface area contributed by atoms with Crippen molar-refractivity contribution in [2.24, 2.45) is 11.8 Å². The van der Waals surface area contributed by atoms with Gasteiger partial charge in [0.25, 0.3) is 5.91 Å². The normalized spacial score (nSPS) is 21.5. The number of likely N-dealkylation sites (N-methyl/N-ethyl adjacent to an activating group) is 1. The van der Waals surface area contributed by atoms with Gasteiger partial charge in [0.1, 0.15) is 11.7 Å². The molecule has 4 rings (SSSR count). The predicted molar refractivity (Wildman–Crippen MR) is 135 cm³/mol. The minimum Gasteiger partial charge on any atom is -0.472 e. The third kappa shape index (κ3) is 6.39. The molecule has 2 aliphatic rings. The smallest absolute Gasteiger partial charge is 0.259 e. The van der Waals surface area contributed by atoms with Crippen molar-refractivity contribution in [3.8, 4) is 17.7 Å². The fourth-order valence-corrected chi connectivity index (χ4v) is 4.82. The molecule has 0 bridgehead atoms. The van der Waals surface area contributed by atoms with E-state index in [1.807, 2.05) is 19.1 Å². The lowest BCUT2D eigenvalue weighted by atomic mass is 9.99. The number of nitrogens with zero attached hydrogens (tertiary/aromatic N) is 4. The molecule has 2 aromatic heterocycles. The van der Waals surface area contributed by atoms with Gasteiger partial charge in [-0.15, -0.1) is 0 Å². The summed E-state index contributed by atoms with van der Waals surface area (Å²) < 4.78 is 6.40. The number of fused-ring (bicyclic) bond motifs is 1. The molecular formula is C28H36N4O3. The van der Waals surface area contributed by atoms with Gasteiger partial charge in [-0.2, -0.15) is 0 Å². The number of ether oxygens (including phenoxy) is 1. The Kier molecular flexibility index (Phi) is 8.37. The van der Waals surface area contributed by atoms with Crippen LogP contribution in [-0.2, 0) is 6.54 Å². The van der Waals surface area contributed by atoms with Crippen LogP contribution in [0.4, 0.5) is 0 Å². The lowest BCUT2D eigenvalue weighted by Crippen LogP contribution is -2.49. The van der Waals surface area contributed by atoms with Gasteiger partial charge < -0.3 is 14.7 Å². The molecular weight excluding hydrogens is 440 g/mol. The molecule has 2 aromatic rings. The van der Waals surface area contributed by atoms with Crippen LogP contribution in [0.2, 0.25) is 0 Å². The Morgan fingerprint density at radius 2 is 2.03 bits per heavy atom. The third-order valence-electron chi connectivity index (χ3n) is 6.99. The fraction of sp³-hybridized carbons (Fsp3) is 0.536. The molecule has 35 heavy (non-hydrogen) atoms. The number of carbonyl (C=O) groups is 1. The molecule has 7 nitrogen and oxygen atoms in total. The van der Waals surface area contributed by atoms with Gasteiger partial charge in [-0.1, -0.05) is 31.6 Å². The molecule has 7 heteroatoms. The Labute approximate surface area is 208 Å². The average molecular weight is 477 g/mol. The summed E-state index contributed by atoms with van der Waals surface area (Å²) in [6.07, 6.45) is 9.87. The summed E-state index contributed by atoms with van der Waals surface area (Å²) in [6, 6.07) is 5.51. The minimum atomic E-state index is -0.306. The van der Waals surface area contributed by atoms with E-state index in [1.165, 1.54) is 18.4 Å². The number of hydrogen-bond donors (Lipinski definition) is 1. The van der Waals surface area contributed by atoms with Gasteiger partial charge >= 0.3 is 0 Å².